The zero-order valence-electron chi connectivity index (χ0n) is 15.7. The number of carbonyl (C=O) groups is 2. The highest BCUT2D eigenvalue weighted by atomic mass is 35.5. The molecule has 6 nitrogen and oxygen atoms in total. The lowest BCUT2D eigenvalue weighted by Crippen LogP contribution is -2.37. The third-order valence-corrected chi connectivity index (χ3v) is 5.22. The van der Waals surface area contributed by atoms with Gasteiger partial charge in [0.25, 0.3) is 5.91 Å². The van der Waals surface area contributed by atoms with E-state index in [0.717, 1.165) is 23.2 Å². The first-order valence-corrected chi connectivity index (χ1v) is 9.58. The molecule has 0 bridgehead atoms. The molecule has 1 aliphatic heterocycles. The lowest BCUT2D eigenvalue weighted by molar-refractivity contribution is -0.131. The second-order valence-corrected chi connectivity index (χ2v) is 7.26. The second-order valence-electron chi connectivity index (χ2n) is 6.92. The SMILES string of the molecule is Cc1cccc(C(=O)N2CCCN(C(=O)CCc3c(C)noc3Cl)CC2)c1. The number of amides is 2. The van der Waals surface area contributed by atoms with Gasteiger partial charge < -0.3 is 14.3 Å². The number of halogens is 1. The summed E-state index contributed by atoms with van der Waals surface area (Å²) in [5, 5.41) is 4.07. The van der Waals surface area contributed by atoms with E-state index < -0.39 is 0 Å². The molecule has 2 aromatic rings. The second kappa shape index (κ2) is 8.57. The van der Waals surface area contributed by atoms with Crippen molar-refractivity contribution in [3.05, 3.63) is 51.9 Å². The molecule has 0 atom stereocenters. The van der Waals surface area contributed by atoms with Crippen LogP contribution in [-0.2, 0) is 11.2 Å². The van der Waals surface area contributed by atoms with E-state index in [-0.39, 0.29) is 17.0 Å². The van der Waals surface area contributed by atoms with Gasteiger partial charge in [-0.1, -0.05) is 22.9 Å². The van der Waals surface area contributed by atoms with Crippen LogP contribution in [0.3, 0.4) is 0 Å². The number of carbonyl (C=O) groups excluding carboxylic acids is 2. The summed E-state index contributed by atoms with van der Waals surface area (Å²) in [5.41, 5.74) is 3.28. The van der Waals surface area contributed by atoms with Gasteiger partial charge in [0.2, 0.25) is 11.1 Å². The van der Waals surface area contributed by atoms with E-state index in [1.54, 1.807) is 0 Å². The highest BCUT2D eigenvalue weighted by Gasteiger charge is 2.23. The molecule has 0 unspecified atom stereocenters. The van der Waals surface area contributed by atoms with E-state index >= 15 is 0 Å². The van der Waals surface area contributed by atoms with Gasteiger partial charge in [0.05, 0.1) is 5.69 Å². The first kappa shape index (κ1) is 19.4. The highest BCUT2D eigenvalue weighted by molar-refractivity contribution is 6.29. The Balaban J connectivity index is 1.56. The van der Waals surface area contributed by atoms with Gasteiger partial charge in [-0.2, -0.15) is 0 Å². The molecule has 27 heavy (non-hydrogen) atoms. The Labute approximate surface area is 164 Å². The zero-order chi connectivity index (χ0) is 19.4. The van der Waals surface area contributed by atoms with Crippen LogP contribution in [0.5, 0.6) is 0 Å². The summed E-state index contributed by atoms with van der Waals surface area (Å²) in [6.45, 7) is 6.21. The summed E-state index contributed by atoms with van der Waals surface area (Å²) < 4.78 is 4.93. The van der Waals surface area contributed by atoms with Gasteiger partial charge in [-0.3, -0.25) is 9.59 Å². The normalized spacial score (nSPS) is 14.9. The van der Waals surface area contributed by atoms with Gasteiger partial charge in [-0.05, 0) is 50.4 Å². The molecule has 2 heterocycles. The van der Waals surface area contributed by atoms with Crippen molar-refractivity contribution in [2.24, 2.45) is 0 Å². The van der Waals surface area contributed by atoms with Crippen molar-refractivity contribution in [1.82, 2.24) is 15.0 Å². The summed E-state index contributed by atoms with van der Waals surface area (Å²) in [5.74, 6) is 0.0939. The van der Waals surface area contributed by atoms with Crippen LogP contribution in [0.4, 0.5) is 0 Å². The van der Waals surface area contributed by atoms with Crippen molar-refractivity contribution >= 4 is 23.4 Å². The van der Waals surface area contributed by atoms with Crippen LogP contribution in [0, 0.1) is 13.8 Å². The van der Waals surface area contributed by atoms with Crippen LogP contribution in [0.1, 0.15) is 40.0 Å². The summed E-state index contributed by atoms with van der Waals surface area (Å²) in [4.78, 5) is 29.0. The maximum Gasteiger partial charge on any atom is 0.253 e. The molecule has 1 aromatic carbocycles. The molecule has 1 aromatic heterocycles. The summed E-state index contributed by atoms with van der Waals surface area (Å²) in [7, 11) is 0. The minimum absolute atomic E-state index is 0.0277. The first-order valence-electron chi connectivity index (χ1n) is 9.20. The molecule has 1 fully saturated rings. The molecule has 1 saturated heterocycles. The van der Waals surface area contributed by atoms with Crippen LogP contribution in [0.25, 0.3) is 0 Å². The summed E-state index contributed by atoms with van der Waals surface area (Å²) in [6, 6.07) is 7.62. The van der Waals surface area contributed by atoms with E-state index in [1.807, 2.05) is 47.9 Å². The molecule has 2 amide bonds. The van der Waals surface area contributed by atoms with Crippen LogP contribution in [0.2, 0.25) is 5.22 Å². The number of rotatable bonds is 4. The summed E-state index contributed by atoms with van der Waals surface area (Å²) in [6.07, 6.45) is 1.64. The number of nitrogens with zero attached hydrogens (tertiary/aromatic N) is 3. The minimum atomic E-state index is 0.0277. The average Bonchev–Trinajstić information content (AvgIpc) is 2.86. The molecule has 144 valence electrons. The molecule has 1 aliphatic rings. The highest BCUT2D eigenvalue weighted by Crippen LogP contribution is 2.21. The maximum atomic E-state index is 12.7. The Morgan fingerprint density at radius 2 is 1.89 bits per heavy atom. The van der Waals surface area contributed by atoms with Crippen LogP contribution in [0.15, 0.2) is 28.8 Å². The van der Waals surface area contributed by atoms with Gasteiger partial charge in [-0.15, -0.1) is 0 Å². The third kappa shape index (κ3) is 4.69. The largest absolute Gasteiger partial charge is 0.344 e. The molecule has 7 heteroatoms. The molecule has 0 spiro atoms. The molecular weight excluding hydrogens is 366 g/mol. The van der Waals surface area contributed by atoms with Crippen molar-refractivity contribution < 1.29 is 14.1 Å². The Bertz CT molecular complexity index is 814. The van der Waals surface area contributed by atoms with Gasteiger partial charge >= 0.3 is 0 Å². The number of hydrogen-bond donors (Lipinski definition) is 0. The molecule has 0 N–H and O–H groups in total. The molecule has 0 aliphatic carbocycles. The van der Waals surface area contributed by atoms with Crippen LogP contribution >= 0.6 is 11.6 Å². The van der Waals surface area contributed by atoms with E-state index in [9.17, 15) is 9.59 Å². The fourth-order valence-electron chi connectivity index (χ4n) is 3.36. The monoisotopic (exact) mass is 389 g/mol. The first-order chi connectivity index (χ1) is 13.0. The van der Waals surface area contributed by atoms with Crippen LogP contribution < -0.4 is 0 Å². The van der Waals surface area contributed by atoms with Gasteiger partial charge in [0.15, 0.2) is 0 Å². The Morgan fingerprint density at radius 3 is 2.59 bits per heavy atom. The Morgan fingerprint density at radius 1 is 1.15 bits per heavy atom. The molecule has 0 radical (unpaired) electrons. The van der Waals surface area contributed by atoms with Crippen molar-refractivity contribution in [3.8, 4) is 0 Å². The summed E-state index contributed by atoms with van der Waals surface area (Å²) >= 11 is 5.97. The zero-order valence-corrected chi connectivity index (χ0v) is 16.5. The van der Waals surface area contributed by atoms with E-state index in [1.165, 1.54) is 0 Å². The Kier molecular flexibility index (Phi) is 6.16. The van der Waals surface area contributed by atoms with E-state index in [4.69, 9.17) is 16.1 Å². The van der Waals surface area contributed by atoms with Crippen molar-refractivity contribution in [2.45, 2.75) is 33.1 Å². The van der Waals surface area contributed by atoms with Crippen molar-refractivity contribution in [1.29, 1.82) is 0 Å². The van der Waals surface area contributed by atoms with Gasteiger partial charge in [0, 0.05) is 43.7 Å². The predicted molar refractivity (Wildman–Crippen MR) is 103 cm³/mol. The van der Waals surface area contributed by atoms with Crippen molar-refractivity contribution in [2.75, 3.05) is 26.2 Å². The van der Waals surface area contributed by atoms with Gasteiger partial charge in [-0.25, -0.2) is 0 Å². The van der Waals surface area contributed by atoms with E-state index in [2.05, 4.69) is 5.16 Å². The lowest BCUT2D eigenvalue weighted by atomic mass is 10.1. The number of hydrogen-bond acceptors (Lipinski definition) is 4. The predicted octanol–water partition coefficient (Wildman–Crippen LogP) is 3.25. The number of aromatic nitrogens is 1. The topological polar surface area (TPSA) is 66.7 Å². The smallest absolute Gasteiger partial charge is 0.253 e. The molecule has 0 saturated carbocycles. The standard InChI is InChI=1S/C20H24ClN3O3/c1-14-5-3-6-16(13-14)20(26)24-10-4-9-23(11-12-24)18(25)8-7-17-15(2)22-27-19(17)21/h3,5-6,13H,4,7-12H2,1-2H3. The Hall–Kier alpha value is -2.34. The minimum Gasteiger partial charge on any atom is -0.344 e. The lowest BCUT2D eigenvalue weighted by Gasteiger charge is -2.22. The quantitative estimate of drug-likeness (QED) is 0.805. The van der Waals surface area contributed by atoms with Crippen molar-refractivity contribution in [3.63, 3.8) is 0 Å². The fraction of sp³-hybridized carbons (Fsp3) is 0.450. The molecule has 3 rings (SSSR count). The number of benzene rings is 1. The molecular formula is C20H24ClN3O3. The average molecular weight is 390 g/mol. The van der Waals surface area contributed by atoms with E-state index in [0.29, 0.717) is 44.6 Å². The van der Waals surface area contributed by atoms with Crippen LogP contribution in [-0.4, -0.2) is 52.9 Å². The number of aryl methyl sites for hydroxylation is 2. The fourth-order valence-corrected chi connectivity index (χ4v) is 3.63. The third-order valence-electron chi connectivity index (χ3n) is 4.93. The maximum absolute atomic E-state index is 12.7. The van der Waals surface area contributed by atoms with Gasteiger partial charge in [0.1, 0.15) is 0 Å².